The molecule has 0 bridgehead atoms. The molecule has 2 heterocycles. The Labute approximate surface area is 156 Å². The van der Waals surface area contributed by atoms with Crippen LogP contribution in [0, 0.1) is 0 Å². The summed E-state index contributed by atoms with van der Waals surface area (Å²) in [6.07, 6.45) is 1.68. The Morgan fingerprint density at radius 3 is 2.88 bits per heavy atom. The molecule has 1 aromatic carbocycles. The number of nitrogens with zero attached hydrogens (tertiary/aromatic N) is 3. The van der Waals surface area contributed by atoms with Gasteiger partial charge in [-0.05, 0) is 25.0 Å². The minimum absolute atomic E-state index is 0.00650. The highest BCUT2D eigenvalue weighted by atomic mass is 35.5. The van der Waals surface area contributed by atoms with Crippen LogP contribution < -0.4 is 4.90 Å². The van der Waals surface area contributed by atoms with Gasteiger partial charge in [0.15, 0.2) is 5.13 Å². The molecule has 2 aromatic rings. The van der Waals surface area contributed by atoms with Gasteiger partial charge in [-0.15, -0.1) is 11.3 Å². The van der Waals surface area contributed by atoms with E-state index < -0.39 is 0 Å². The van der Waals surface area contributed by atoms with Gasteiger partial charge in [-0.3, -0.25) is 14.5 Å². The van der Waals surface area contributed by atoms with Gasteiger partial charge in [-0.25, -0.2) is 4.98 Å². The number of carbonyl (C=O) groups excluding carboxylic acids is 2. The maximum absolute atomic E-state index is 12.6. The summed E-state index contributed by atoms with van der Waals surface area (Å²) in [7, 11) is 0. The van der Waals surface area contributed by atoms with E-state index in [1.807, 2.05) is 36.6 Å². The third-order valence-electron chi connectivity index (χ3n) is 4.23. The van der Waals surface area contributed by atoms with Crippen molar-refractivity contribution in [1.82, 2.24) is 9.88 Å². The highest BCUT2D eigenvalue weighted by molar-refractivity contribution is 7.14. The van der Waals surface area contributed by atoms with Crippen molar-refractivity contribution in [1.29, 1.82) is 0 Å². The van der Waals surface area contributed by atoms with Gasteiger partial charge in [0, 0.05) is 36.5 Å². The molecule has 0 atom stereocenters. The molecule has 0 N–H and O–H groups in total. The third-order valence-corrected chi connectivity index (χ3v) is 5.51. The molecule has 1 saturated heterocycles. The smallest absolute Gasteiger partial charge is 0.228 e. The lowest BCUT2D eigenvalue weighted by molar-refractivity contribution is -0.130. The Morgan fingerprint density at radius 2 is 2.20 bits per heavy atom. The summed E-state index contributed by atoms with van der Waals surface area (Å²) in [5, 5.41) is 3.22. The lowest BCUT2D eigenvalue weighted by Crippen LogP contribution is -2.31. The van der Waals surface area contributed by atoms with Gasteiger partial charge in [0.25, 0.3) is 0 Å². The number of likely N-dealkylation sites (N-methyl/N-ethyl adjacent to an activating group) is 1. The summed E-state index contributed by atoms with van der Waals surface area (Å²) in [5.41, 5.74) is 1.64. The first-order chi connectivity index (χ1) is 12.1. The zero-order chi connectivity index (χ0) is 17.8. The number of thiazole rings is 1. The maximum Gasteiger partial charge on any atom is 0.228 e. The zero-order valence-corrected chi connectivity index (χ0v) is 15.6. The van der Waals surface area contributed by atoms with Crippen molar-refractivity contribution in [2.75, 3.05) is 18.0 Å². The number of carbonyl (C=O) groups is 2. The standard InChI is InChI=1S/C18H20ClN3O2S/c1-2-21(11-13-6-3-4-7-15(13)19)17(24)10-14-12-25-18(20-14)22-9-5-8-16(22)23/h3-4,6-7,12H,2,5,8-11H2,1H3. The van der Waals surface area contributed by atoms with Crippen LogP contribution in [-0.2, 0) is 22.6 Å². The molecular weight excluding hydrogens is 358 g/mol. The van der Waals surface area contributed by atoms with Gasteiger partial charge < -0.3 is 4.90 Å². The normalized spacial score (nSPS) is 14.2. The first-order valence-corrected chi connectivity index (χ1v) is 9.60. The second kappa shape index (κ2) is 7.97. The van der Waals surface area contributed by atoms with Gasteiger partial charge in [0.2, 0.25) is 11.8 Å². The summed E-state index contributed by atoms with van der Waals surface area (Å²) in [6.45, 7) is 3.75. The van der Waals surface area contributed by atoms with Crippen molar-refractivity contribution >= 4 is 39.9 Å². The number of benzene rings is 1. The van der Waals surface area contributed by atoms with E-state index in [-0.39, 0.29) is 18.2 Å². The van der Waals surface area contributed by atoms with Gasteiger partial charge in [-0.2, -0.15) is 0 Å². The first-order valence-electron chi connectivity index (χ1n) is 8.34. The molecule has 3 rings (SSSR count). The van der Waals surface area contributed by atoms with Crippen molar-refractivity contribution in [3.8, 4) is 0 Å². The van der Waals surface area contributed by atoms with E-state index in [1.165, 1.54) is 11.3 Å². The predicted molar refractivity (Wildman–Crippen MR) is 99.9 cm³/mol. The van der Waals surface area contributed by atoms with Crippen LogP contribution in [0.2, 0.25) is 5.02 Å². The van der Waals surface area contributed by atoms with Crippen molar-refractivity contribution in [2.45, 2.75) is 32.7 Å². The van der Waals surface area contributed by atoms with Crippen molar-refractivity contribution in [3.63, 3.8) is 0 Å². The van der Waals surface area contributed by atoms with Crippen molar-refractivity contribution in [3.05, 3.63) is 45.9 Å². The largest absolute Gasteiger partial charge is 0.338 e. The van der Waals surface area contributed by atoms with E-state index in [0.29, 0.717) is 41.9 Å². The SMILES string of the molecule is CCN(Cc1ccccc1Cl)C(=O)Cc1csc(N2CCCC2=O)n1. The lowest BCUT2D eigenvalue weighted by Gasteiger charge is -2.21. The minimum atomic E-state index is 0.00650. The second-order valence-corrected chi connectivity index (χ2v) is 7.19. The predicted octanol–water partition coefficient (Wildman–Crippen LogP) is 3.51. The number of hydrogen-bond acceptors (Lipinski definition) is 4. The molecule has 25 heavy (non-hydrogen) atoms. The Bertz CT molecular complexity index is 777. The van der Waals surface area contributed by atoms with E-state index in [0.717, 1.165) is 12.0 Å². The Hall–Kier alpha value is -1.92. The molecule has 5 nitrogen and oxygen atoms in total. The molecular formula is C18H20ClN3O2S. The molecule has 1 aliphatic heterocycles. The molecule has 0 spiro atoms. The van der Waals surface area contributed by atoms with Crippen LogP contribution in [0.25, 0.3) is 0 Å². The van der Waals surface area contributed by atoms with Gasteiger partial charge >= 0.3 is 0 Å². The number of amides is 2. The van der Waals surface area contributed by atoms with E-state index in [1.54, 1.807) is 9.80 Å². The van der Waals surface area contributed by atoms with Gasteiger partial charge in [-0.1, -0.05) is 29.8 Å². The molecule has 1 fully saturated rings. The molecule has 0 unspecified atom stereocenters. The summed E-state index contributed by atoms with van der Waals surface area (Å²) in [5.74, 6) is 0.119. The van der Waals surface area contributed by atoms with Crippen LogP contribution in [-0.4, -0.2) is 34.8 Å². The maximum atomic E-state index is 12.6. The monoisotopic (exact) mass is 377 g/mol. The number of aromatic nitrogens is 1. The molecule has 0 radical (unpaired) electrons. The molecule has 7 heteroatoms. The van der Waals surface area contributed by atoms with Crippen LogP contribution in [0.3, 0.4) is 0 Å². The van der Waals surface area contributed by atoms with Crippen LogP contribution >= 0.6 is 22.9 Å². The summed E-state index contributed by atoms with van der Waals surface area (Å²) >= 11 is 7.61. The molecule has 0 aliphatic carbocycles. The number of halogens is 1. The average molecular weight is 378 g/mol. The Morgan fingerprint density at radius 1 is 1.40 bits per heavy atom. The van der Waals surface area contributed by atoms with Crippen LogP contribution in [0.5, 0.6) is 0 Å². The molecule has 1 aliphatic rings. The fourth-order valence-corrected chi connectivity index (χ4v) is 3.89. The fourth-order valence-electron chi connectivity index (χ4n) is 2.83. The Balaban J connectivity index is 1.65. The topological polar surface area (TPSA) is 53.5 Å². The third kappa shape index (κ3) is 4.19. The van der Waals surface area contributed by atoms with Crippen LogP contribution in [0.4, 0.5) is 5.13 Å². The molecule has 0 saturated carbocycles. The highest BCUT2D eigenvalue weighted by Gasteiger charge is 2.25. The highest BCUT2D eigenvalue weighted by Crippen LogP contribution is 2.26. The van der Waals surface area contributed by atoms with E-state index in [9.17, 15) is 9.59 Å². The van der Waals surface area contributed by atoms with E-state index in [2.05, 4.69) is 4.98 Å². The Kier molecular flexibility index (Phi) is 5.71. The fraction of sp³-hybridized carbons (Fsp3) is 0.389. The zero-order valence-electron chi connectivity index (χ0n) is 14.1. The molecule has 1 aromatic heterocycles. The lowest BCUT2D eigenvalue weighted by atomic mass is 10.2. The quantitative estimate of drug-likeness (QED) is 0.774. The van der Waals surface area contributed by atoms with Crippen LogP contribution in [0.15, 0.2) is 29.6 Å². The van der Waals surface area contributed by atoms with Crippen molar-refractivity contribution in [2.24, 2.45) is 0 Å². The van der Waals surface area contributed by atoms with Crippen molar-refractivity contribution < 1.29 is 9.59 Å². The molecule has 132 valence electrons. The average Bonchev–Trinajstić information content (AvgIpc) is 3.22. The van der Waals surface area contributed by atoms with Gasteiger partial charge in [0.05, 0.1) is 12.1 Å². The minimum Gasteiger partial charge on any atom is -0.338 e. The summed E-state index contributed by atoms with van der Waals surface area (Å²) < 4.78 is 0. The number of rotatable bonds is 6. The summed E-state index contributed by atoms with van der Waals surface area (Å²) in [6, 6.07) is 7.55. The number of anilines is 1. The van der Waals surface area contributed by atoms with E-state index >= 15 is 0 Å². The summed E-state index contributed by atoms with van der Waals surface area (Å²) in [4.78, 5) is 32.4. The van der Waals surface area contributed by atoms with Gasteiger partial charge in [0.1, 0.15) is 0 Å². The van der Waals surface area contributed by atoms with E-state index in [4.69, 9.17) is 11.6 Å². The first kappa shape index (κ1) is 17.9. The number of hydrogen-bond donors (Lipinski definition) is 0. The molecule has 2 amide bonds. The van der Waals surface area contributed by atoms with Crippen LogP contribution in [0.1, 0.15) is 31.0 Å². The second-order valence-electron chi connectivity index (χ2n) is 5.95.